The average Bonchev–Trinajstić information content (AvgIpc) is 2.61. The molecule has 0 saturated heterocycles. The van der Waals surface area contributed by atoms with E-state index >= 15 is 0 Å². The first-order chi connectivity index (χ1) is 13.2. The van der Waals surface area contributed by atoms with Crippen molar-refractivity contribution in [3.63, 3.8) is 0 Å². The maximum Gasteiger partial charge on any atom is 0.407 e. The van der Waals surface area contributed by atoms with Crippen molar-refractivity contribution in [2.75, 3.05) is 5.32 Å². The Balaban J connectivity index is 1.66. The van der Waals surface area contributed by atoms with E-state index in [0.717, 1.165) is 25.7 Å². The van der Waals surface area contributed by atoms with Crippen molar-refractivity contribution in [1.29, 1.82) is 0 Å². The van der Waals surface area contributed by atoms with Crippen LogP contribution >= 0.6 is 0 Å². The minimum atomic E-state index is -0.531. The smallest absolute Gasteiger partial charge is 0.407 e. The van der Waals surface area contributed by atoms with E-state index in [1.54, 1.807) is 18.3 Å². The van der Waals surface area contributed by atoms with Gasteiger partial charge in [-0.25, -0.2) is 9.78 Å². The molecule has 1 aliphatic carbocycles. The normalized spacial score (nSPS) is 19.8. The van der Waals surface area contributed by atoms with Crippen molar-refractivity contribution < 1.29 is 14.5 Å². The second-order valence-electron chi connectivity index (χ2n) is 7.99. The maximum absolute atomic E-state index is 11.9. The molecule has 9 heteroatoms. The van der Waals surface area contributed by atoms with E-state index < -0.39 is 16.6 Å². The lowest BCUT2D eigenvalue weighted by Gasteiger charge is -2.31. The minimum absolute atomic E-state index is 0.0372. The van der Waals surface area contributed by atoms with Crippen LogP contribution in [0.15, 0.2) is 24.5 Å². The van der Waals surface area contributed by atoms with E-state index in [1.165, 1.54) is 6.20 Å². The second-order valence-corrected chi connectivity index (χ2v) is 7.99. The fourth-order valence-corrected chi connectivity index (χ4v) is 3.35. The molecule has 3 rings (SSSR count). The number of carbonyl (C=O) groups excluding carboxylic acids is 1. The molecule has 150 valence electrons. The van der Waals surface area contributed by atoms with Gasteiger partial charge in [0.2, 0.25) is 0 Å². The summed E-state index contributed by atoms with van der Waals surface area (Å²) in [7, 11) is 0. The number of nitro groups is 1. The number of anilines is 1. The molecule has 1 amide bonds. The van der Waals surface area contributed by atoms with Gasteiger partial charge in [-0.05, 0) is 58.6 Å². The SMILES string of the molecule is CC(C)(C)OC(=O)NC1CCC(Nc2c([N+](=O)[O-])cnc3cccnc23)CC1. The predicted octanol–water partition coefficient (Wildman–Crippen LogP) is 3.79. The zero-order valence-corrected chi connectivity index (χ0v) is 16.3. The second kappa shape index (κ2) is 7.95. The van der Waals surface area contributed by atoms with E-state index in [9.17, 15) is 14.9 Å². The molecule has 2 heterocycles. The number of ether oxygens (including phenoxy) is 1. The number of rotatable bonds is 4. The van der Waals surface area contributed by atoms with Crippen LogP contribution in [0.4, 0.5) is 16.2 Å². The summed E-state index contributed by atoms with van der Waals surface area (Å²) in [5.74, 6) is 0. The molecule has 2 N–H and O–H groups in total. The number of nitrogens with zero attached hydrogens (tertiary/aromatic N) is 3. The molecule has 0 unspecified atom stereocenters. The standard InChI is InChI=1S/C19H25N5O4/c1-19(2,3)28-18(25)23-13-8-6-12(7-9-13)22-17-15(24(26)27)11-21-14-5-4-10-20-16(14)17/h4-5,10-13H,6-9H2,1-3H3,(H,21,22)(H,23,25). The molecule has 0 atom stereocenters. The molecule has 1 saturated carbocycles. The van der Waals surface area contributed by atoms with Gasteiger partial charge >= 0.3 is 11.8 Å². The highest BCUT2D eigenvalue weighted by atomic mass is 16.6. The van der Waals surface area contributed by atoms with Gasteiger partial charge in [-0.3, -0.25) is 15.1 Å². The zero-order chi connectivity index (χ0) is 20.3. The highest BCUT2D eigenvalue weighted by Gasteiger charge is 2.27. The van der Waals surface area contributed by atoms with Gasteiger partial charge in [0.1, 0.15) is 23.0 Å². The summed E-state index contributed by atoms with van der Waals surface area (Å²) < 4.78 is 5.30. The van der Waals surface area contributed by atoms with Crippen molar-refractivity contribution in [3.8, 4) is 0 Å². The summed E-state index contributed by atoms with van der Waals surface area (Å²) in [5, 5.41) is 17.6. The number of alkyl carbamates (subject to hydrolysis) is 1. The molecular weight excluding hydrogens is 362 g/mol. The Labute approximate surface area is 163 Å². The van der Waals surface area contributed by atoms with Crippen LogP contribution < -0.4 is 10.6 Å². The first kappa shape index (κ1) is 19.8. The van der Waals surface area contributed by atoms with Crippen LogP contribution in [0.3, 0.4) is 0 Å². The van der Waals surface area contributed by atoms with Gasteiger partial charge in [-0.1, -0.05) is 0 Å². The van der Waals surface area contributed by atoms with E-state index in [2.05, 4.69) is 20.6 Å². The van der Waals surface area contributed by atoms with E-state index in [-0.39, 0.29) is 17.8 Å². The molecular formula is C19H25N5O4. The van der Waals surface area contributed by atoms with Crippen LogP contribution in [-0.2, 0) is 4.74 Å². The Morgan fingerprint density at radius 1 is 1.21 bits per heavy atom. The van der Waals surface area contributed by atoms with E-state index in [4.69, 9.17) is 4.74 Å². The Bertz CT molecular complexity index is 872. The molecule has 2 aromatic heterocycles. The number of pyridine rings is 2. The van der Waals surface area contributed by atoms with Crippen LogP contribution in [0.25, 0.3) is 11.0 Å². The summed E-state index contributed by atoms with van der Waals surface area (Å²) in [6, 6.07) is 3.62. The lowest BCUT2D eigenvalue weighted by molar-refractivity contribution is -0.384. The van der Waals surface area contributed by atoms with Crippen LogP contribution in [0, 0.1) is 10.1 Å². The molecule has 0 spiro atoms. The zero-order valence-electron chi connectivity index (χ0n) is 16.3. The van der Waals surface area contributed by atoms with Gasteiger partial charge in [0.05, 0.1) is 10.4 Å². The number of aromatic nitrogens is 2. The van der Waals surface area contributed by atoms with Crippen LogP contribution in [-0.4, -0.2) is 38.7 Å². The van der Waals surface area contributed by atoms with E-state index in [1.807, 2.05) is 20.8 Å². The summed E-state index contributed by atoms with van der Waals surface area (Å²) in [6.45, 7) is 5.48. The van der Waals surface area contributed by atoms with Gasteiger partial charge < -0.3 is 15.4 Å². The van der Waals surface area contributed by atoms with Crippen LogP contribution in [0.1, 0.15) is 46.5 Å². The predicted molar refractivity (Wildman–Crippen MR) is 105 cm³/mol. The third-order valence-corrected chi connectivity index (χ3v) is 4.60. The van der Waals surface area contributed by atoms with Crippen LogP contribution in [0.5, 0.6) is 0 Å². The Morgan fingerprint density at radius 3 is 2.54 bits per heavy atom. The van der Waals surface area contributed by atoms with Gasteiger partial charge in [0.15, 0.2) is 0 Å². The Hall–Kier alpha value is -2.97. The number of amides is 1. The summed E-state index contributed by atoms with van der Waals surface area (Å²) in [5.41, 5.74) is 0.887. The fourth-order valence-electron chi connectivity index (χ4n) is 3.35. The topological polar surface area (TPSA) is 119 Å². The third kappa shape index (κ3) is 4.85. The molecule has 0 aromatic carbocycles. The Kier molecular flexibility index (Phi) is 5.62. The van der Waals surface area contributed by atoms with Crippen LogP contribution in [0.2, 0.25) is 0 Å². The third-order valence-electron chi connectivity index (χ3n) is 4.60. The number of hydrogen-bond donors (Lipinski definition) is 2. The maximum atomic E-state index is 11.9. The highest BCUT2D eigenvalue weighted by Crippen LogP contribution is 2.32. The monoisotopic (exact) mass is 387 g/mol. The van der Waals surface area contributed by atoms with Crippen molar-refractivity contribution in [2.24, 2.45) is 0 Å². The summed E-state index contributed by atoms with van der Waals surface area (Å²) in [6.07, 6.45) is 5.52. The molecule has 1 fully saturated rings. The van der Waals surface area contributed by atoms with Gasteiger partial charge in [-0.2, -0.15) is 0 Å². The highest BCUT2D eigenvalue weighted by molar-refractivity contribution is 5.92. The molecule has 9 nitrogen and oxygen atoms in total. The Morgan fingerprint density at radius 2 is 1.89 bits per heavy atom. The number of hydrogen-bond acceptors (Lipinski definition) is 7. The molecule has 0 radical (unpaired) electrons. The molecule has 1 aliphatic rings. The molecule has 28 heavy (non-hydrogen) atoms. The number of nitrogens with one attached hydrogen (secondary N) is 2. The van der Waals surface area contributed by atoms with Crippen molar-refractivity contribution in [2.45, 2.75) is 64.1 Å². The molecule has 2 aromatic rings. The molecule has 0 bridgehead atoms. The molecule has 0 aliphatic heterocycles. The average molecular weight is 387 g/mol. The minimum Gasteiger partial charge on any atom is -0.444 e. The van der Waals surface area contributed by atoms with Crippen molar-refractivity contribution in [1.82, 2.24) is 15.3 Å². The van der Waals surface area contributed by atoms with Gasteiger partial charge in [0, 0.05) is 18.3 Å². The van der Waals surface area contributed by atoms with Gasteiger partial charge in [-0.15, -0.1) is 0 Å². The number of fused-ring (bicyclic) bond motifs is 1. The first-order valence-electron chi connectivity index (χ1n) is 9.37. The fraction of sp³-hybridized carbons (Fsp3) is 0.526. The summed E-state index contributed by atoms with van der Waals surface area (Å²) in [4.78, 5) is 31.3. The lowest BCUT2D eigenvalue weighted by Crippen LogP contribution is -2.42. The van der Waals surface area contributed by atoms with E-state index in [0.29, 0.717) is 16.7 Å². The summed E-state index contributed by atoms with van der Waals surface area (Å²) >= 11 is 0. The number of carbonyl (C=O) groups is 1. The lowest BCUT2D eigenvalue weighted by atomic mass is 9.91. The first-order valence-corrected chi connectivity index (χ1v) is 9.37. The van der Waals surface area contributed by atoms with Gasteiger partial charge in [0.25, 0.3) is 0 Å². The largest absolute Gasteiger partial charge is 0.444 e. The van der Waals surface area contributed by atoms with Crippen molar-refractivity contribution >= 4 is 28.5 Å². The van der Waals surface area contributed by atoms with Crippen molar-refractivity contribution in [3.05, 3.63) is 34.6 Å². The quantitative estimate of drug-likeness (QED) is 0.605.